The summed E-state index contributed by atoms with van der Waals surface area (Å²) in [6.07, 6.45) is 1.43. The summed E-state index contributed by atoms with van der Waals surface area (Å²) >= 11 is 0. The molecule has 2 aliphatic rings. The van der Waals surface area contributed by atoms with Crippen molar-refractivity contribution in [1.82, 2.24) is 14.0 Å². The number of para-hydroxylation sites is 1. The molecule has 176 valence electrons. The van der Waals surface area contributed by atoms with Crippen LogP contribution in [0.2, 0.25) is 0 Å². The van der Waals surface area contributed by atoms with Crippen LogP contribution < -0.4 is 11.0 Å². The third kappa shape index (κ3) is 3.69. The molecule has 0 saturated carbocycles. The van der Waals surface area contributed by atoms with Gasteiger partial charge in [0.05, 0.1) is 12.2 Å². The third-order valence-corrected chi connectivity index (χ3v) is 7.12. The number of hydrogen-bond acceptors (Lipinski definition) is 3. The molecule has 6 rings (SSSR count). The Morgan fingerprint density at radius 2 is 1.51 bits per heavy atom. The lowest BCUT2D eigenvalue weighted by Gasteiger charge is -2.28. The topological polar surface area (TPSA) is 79.5 Å². The minimum absolute atomic E-state index is 0.0324. The lowest BCUT2D eigenvalue weighted by atomic mass is 10.0. The van der Waals surface area contributed by atoms with E-state index in [1.54, 1.807) is 9.47 Å². The van der Waals surface area contributed by atoms with Crippen LogP contribution in [0.25, 0.3) is 11.1 Å². The Kier molecular flexibility index (Phi) is 5.17. The van der Waals surface area contributed by atoms with Gasteiger partial charge in [0.1, 0.15) is 5.69 Å². The number of urea groups is 1. The molecule has 0 saturated heterocycles. The number of imidazole rings is 1. The predicted octanol–water partition coefficient (Wildman–Crippen LogP) is 4.41. The van der Waals surface area contributed by atoms with Gasteiger partial charge in [-0.25, -0.2) is 9.59 Å². The van der Waals surface area contributed by atoms with E-state index < -0.39 is 0 Å². The van der Waals surface area contributed by atoms with Crippen molar-refractivity contribution in [3.8, 4) is 17.0 Å². The number of nitrogens with one attached hydrogen (secondary N) is 1. The van der Waals surface area contributed by atoms with Crippen LogP contribution in [0.3, 0.4) is 0 Å². The fourth-order valence-corrected chi connectivity index (χ4v) is 5.34. The fourth-order valence-electron chi connectivity index (χ4n) is 5.34. The van der Waals surface area contributed by atoms with Gasteiger partial charge in [-0.2, -0.15) is 0 Å². The summed E-state index contributed by atoms with van der Waals surface area (Å²) in [5.41, 5.74) is 5.39. The molecule has 2 amide bonds. The SMILES string of the molecule is O=C(Nc1ccccc1-c1ccccc1)N1CCn2c(c(O)n(C3Cc4ccccc4C3)c2=O)C1. The van der Waals surface area contributed by atoms with E-state index in [1.165, 1.54) is 15.7 Å². The number of aromatic hydroxyl groups is 1. The number of amides is 2. The second-order valence-corrected chi connectivity index (χ2v) is 9.17. The van der Waals surface area contributed by atoms with Gasteiger partial charge in [0.2, 0.25) is 5.88 Å². The van der Waals surface area contributed by atoms with Crippen LogP contribution in [0.5, 0.6) is 5.88 Å². The smallest absolute Gasteiger partial charge is 0.331 e. The van der Waals surface area contributed by atoms with E-state index in [0.717, 1.165) is 16.8 Å². The molecule has 2 heterocycles. The molecule has 1 aromatic heterocycles. The lowest BCUT2D eigenvalue weighted by Crippen LogP contribution is -2.43. The summed E-state index contributed by atoms with van der Waals surface area (Å²) in [5.74, 6) is -0.0324. The number of carbonyl (C=O) groups excluding carboxylic acids is 1. The van der Waals surface area contributed by atoms with Crippen LogP contribution in [0.4, 0.5) is 10.5 Å². The highest BCUT2D eigenvalue weighted by Crippen LogP contribution is 2.34. The zero-order valence-electron chi connectivity index (χ0n) is 19.2. The zero-order valence-corrected chi connectivity index (χ0v) is 19.2. The van der Waals surface area contributed by atoms with E-state index in [-0.39, 0.29) is 30.2 Å². The maximum absolute atomic E-state index is 13.2. The average Bonchev–Trinajstić information content (AvgIpc) is 3.42. The van der Waals surface area contributed by atoms with Crippen LogP contribution in [0.15, 0.2) is 83.7 Å². The van der Waals surface area contributed by atoms with Crippen molar-refractivity contribution in [3.05, 3.63) is 106 Å². The number of rotatable bonds is 3. The lowest BCUT2D eigenvalue weighted by molar-refractivity contribution is 0.195. The quantitative estimate of drug-likeness (QED) is 0.469. The van der Waals surface area contributed by atoms with Crippen molar-refractivity contribution >= 4 is 11.7 Å². The van der Waals surface area contributed by atoms with Crippen molar-refractivity contribution in [1.29, 1.82) is 0 Å². The average molecular weight is 467 g/mol. The second kappa shape index (κ2) is 8.51. The monoisotopic (exact) mass is 466 g/mol. The Labute approximate surface area is 202 Å². The highest BCUT2D eigenvalue weighted by molar-refractivity contribution is 5.94. The number of anilines is 1. The highest BCUT2D eigenvalue weighted by Gasteiger charge is 2.33. The summed E-state index contributed by atoms with van der Waals surface area (Å²) < 4.78 is 3.13. The molecule has 0 radical (unpaired) electrons. The Balaban J connectivity index is 1.24. The Bertz CT molecular complexity index is 1450. The number of hydrogen-bond donors (Lipinski definition) is 2. The van der Waals surface area contributed by atoms with Crippen LogP contribution in [-0.4, -0.2) is 31.7 Å². The van der Waals surface area contributed by atoms with Crippen LogP contribution in [-0.2, 0) is 25.9 Å². The van der Waals surface area contributed by atoms with Gasteiger partial charge in [-0.05, 0) is 35.6 Å². The van der Waals surface area contributed by atoms with E-state index in [1.807, 2.05) is 66.7 Å². The molecule has 1 aliphatic carbocycles. The molecule has 2 N–H and O–H groups in total. The molecular formula is C28H26N4O3. The summed E-state index contributed by atoms with van der Waals surface area (Å²) in [6, 6.07) is 25.4. The highest BCUT2D eigenvalue weighted by atomic mass is 16.3. The molecule has 0 fully saturated rings. The van der Waals surface area contributed by atoms with Gasteiger partial charge < -0.3 is 15.3 Å². The van der Waals surface area contributed by atoms with E-state index in [2.05, 4.69) is 17.4 Å². The summed E-state index contributed by atoms with van der Waals surface area (Å²) in [4.78, 5) is 28.0. The van der Waals surface area contributed by atoms with Crippen molar-refractivity contribution in [2.45, 2.75) is 32.0 Å². The number of carbonyl (C=O) groups is 1. The van der Waals surface area contributed by atoms with Crippen molar-refractivity contribution < 1.29 is 9.90 Å². The number of aromatic nitrogens is 2. The van der Waals surface area contributed by atoms with E-state index >= 15 is 0 Å². The first-order chi connectivity index (χ1) is 17.1. The van der Waals surface area contributed by atoms with Crippen molar-refractivity contribution in [2.75, 3.05) is 11.9 Å². The molecule has 0 unspecified atom stereocenters. The van der Waals surface area contributed by atoms with Gasteiger partial charge >= 0.3 is 11.7 Å². The van der Waals surface area contributed by atoms with Gasteiger partial charge in [0.25, 0.3) is 0 Å². The predicted molar refractivity (Wildman–Crippen MR) is 135 cm³/mol. The summed E-state index contributed by atoms with van der Waals surface area (Å²) in [7, 11) is 0. The maximum atomic E-state index is 13.2. The molecule has 3 aromatic carbocycles. The van der Waals surface area contributed by atoms with E-state index in [9.17, 15) is 14.7 Å². The van der Waals surface area contributed by atoms with Crippen molar-refractivity contribution in [2.24, 2.45) is 0 Å². The maximum Gasteiger partial charge on any atom is 0.331 e. The van der Waals surface area contributed by atoms with Crippen LogP contribution in [0.1, 0.15) is 22.9 Å². The Morgan fingerprint density at radius 3 is 2.26 bits per heavy atom. The molecular weight excluding hydrogens is 440 g/mol. The van der Waals surface area contributed by atoms with Gasteiger partial charge in [-0.15, -0.1) is 0 Å². The normalized spacial score (nSPS) is 15.0. The minimum Gasteiger partial charge on any atom is -0.493 e. The minimum atomic E-state index is -0.257. The van der Waals surface area contributed by atoms with Gasteiger partial charge in [-0.3, -0.25) is 9.13 Å². The van der Waals surface area contributed by atoms with Crippen LogP contribution >= 0.6 is 0 Å². The summed E-state index contributed by atoms with van der Waals surface area (Å²) in [6.45, 7) is 0.913. The fraction of sp³-hybridized carbons (Fsp3) is 0.214. The Hall–Kier alpha value is -4.26. The number of fused-ring (bicyclic) bond motifs is 2. The largest absolute Gasteiger partial charge is 0.493 e. The van der Waals surface area contributed by atoms with Crippen LogP contribution in [0, 0.1) is 0 Å². The standard InChI is InChI=1S/C28H26N4O3/c33-26-25-18-30(27(34)29-24-13-7-6-12-23(24)19-8-2-1-3-9-19)14-15-31(25)28(35)32(26)22-16-20-10-4-5-11-21(20)17-22/h1-13,22,33H,14-18H2,(H,29,34). The second-order valence-electron chi connectivity index (χ2n) is 9.17. The Morgan fingerprint density at radius 1 is 0.857 bits per heavy atom. The first-order valence-corrected chi connectivity index (χ1v) is 11.9. The van der Waals surface area contributed by atoms with Gasteiger partial charge in [-0.1, -0.05) is 72.8 Å². The zero-order chi connectivity index (χ0) is 23.9. The molecule has 0 spiro atoms. The molecule has 0 bridgehead atoms. The molecule has 4 aromatic rings. The van der Waals surface area contributed by atoms with Gasteiger partial charge in [0, 0.05) is 24.7 Å². The number of nitrogens with zero attached hydrogens (tertiary/aromatic N) is 3. The van der Waals surface area contributed by atoms with Crippen molar-refractivity contribution in [3.63, 3.8) is 0 Å². The first kappa shape index (κ1) is 21.3. The molecule has 0 atom stereocenters. The van der Waals surface area contributed by atoms with E-state index in [0.29, 0.717) is 31.6 Å². The molecule has 7 nitrogen and oxygen atoms in total. The first-order valence-electron chi connectivity index (χ1n) is 11.9. The number of benzene rings is 3. The molecule has 1 aliphatic heterocycles. The molecule has 7 heteroatoms. The van der Waals surface area contributed by atoms with Gasteiger partial charge in [0.15, 0.2) is 0 Å². The third-order valence-electron chi connectivity index (χ3n) is 7.12. The summed E-state index contributed by atoms with van der Waals surface area (Å²) in [5, 5.41) is 14.1. The molecule has 35 heavy (non-hydrogen) atoms. The van der Waals surface area contributed by atoms with E-state index in [4.69, 9.17) is 0 Å².